The Kier molecular flexibility index (Phi) is 6.07. The standard InChI is InChI=1S/C15H24BrN3O/c1-2-3-4-5-9-17-14-13(16)10-18-19(15(14)20)11-12-7-6-8-12/h10,12,17H,2-9,11H2,1H3. The Bertz CT molecular complexity index is 482. The van der Waals surface area contributed by atoms with Crippen LogP contribution in [0.3, 0.4) is 0 Å². The lowest BCUT2D eigenvalue weighted by Gasteiger charge is -2.25. The van der Waals surface area contributed by atoms with Gasteiger partial charge in [0.2, 0.25) is 0 Å². The van der Waals surface area contributed by atoms with Gasteiger partial charge in [0, 0.05) is 13.1 Å². The lowest BCUT2D eigenvalue weighted by Crippen LogP contribution is -2.31. The normalized spacial score (nSPS) is 15.1. The van der Waals surface area contributed by atoms with E-state index in [1.807, 2.05) is 0 Å². The third-order valence-corrected chi connectivity index (χ3v) is 4.59. The molecule has 0 unspecified atom stereocenters. The summed E-state index contributed by atoms with van der Waals surface area (Å²) in [6.07, 6.45) is 10.3. The Morgan fingerprint density at radius 1 is 1.40 bits per heavy atom. The fourth-order valence-corrected chi connectivity index (χ4v) is 2.85. The molecule has 2 rings (SSSR count). The van der Waals surface area contributed by atoms with Gasteiger partial charge in [-0.25, -0.2) is 4.68 Å². The molecule has 0 spiro atoms. The molecule has 1 aromatic rings. The largest absolute Gasteiger partial charge is 0.380 e. The molecule has 1 heterocycles. The van der Waals surface area contributed by atoms with Crippen molar-refractivity contribution in [1.82, 2.24) is 9.78 Å². The molecule has 1 aliphatic rings. The third kappa shape index (κ3) is 4.08. The van der Waals surface area contributed by atoms with Crippen LogP contribution < -0.4 is 10.9 Å². The smallest absolute Gasteiger partial charge is 0.291 e. The van der Waals surface area contributed by atoms with E-state index in [0.717, 1.165) is 24.0 Å². The van der Waals surface area contributed by atoms with Gasteiger partial charge in [0.25, 0.3) is 5.56 Å². The van der Waals surface area contributed by atoms with E-state index < -0.39 is 0 Å². The number of nitrogens with one attached hydrogen (secondary N) is 1. The highest BCUT2D eigenvalue weighted by atomic mass is 79.9. The number of hydrogen-bond acceptors (Lipinski definition) is 3. The highest BCUT2D eigenvalue weighted by molar-refractivity contribution is 9.10. The Morgan fingerprint density at radius 3 is 2.85 bits per heavy atom. The van der Waals surface area contributed by atoms with E-state index in [2.05, 4.69) is 33.3 Å². The second kappa shape index (κ2) is 7.81. The van der Waals surface area contributed by atoms with Crippen molar-refractivity contribution in [2.45, 2.75) is 58.4 Å². The number of hydrogen-bond donors (Lipinski definition) is 1. The van der Waals surface area contributed by atoms with Crippen LogP contribution in [0.1, 0.15) is 51.9 Å². The van der Waals surface area contributed by atoms with Gasteiger partial charge in [0.1, 0.15) is 5.69 Å². The molecule has 1 N–H and O–H groups in total. The monoisotopic (exact) mass is 341 g/mol. The van der Waals surface area contributed by atoms with E-state index in [9.17, 15) is 4.79 Å². The van der Waals surface area contributed by atoms with E-state index in [1.165, 1.54) is 38.5 Å². The van der Waals surface area contributed by atoms with Crippen LogP contribution in [0, 0.1) is 5.92 Å². The van der Waals surface area contributed by atoms with Crippen LogP contribution in [-0.4, -0.2) is 16.3 Å². The first kappa shape index (κ1) is 15.5. The first-order chi connectivity index (χ1) is 9.72. The summed E-state index contributed by atoms with van der Waals surface area (Å²) < 4.78 is 2.38. The molecule has 4 nitrogen and oxygen atoms in total. The quantitative estimate of drug-likeness (QED) is 0.731. The molecule has 1 saturated carbocycles. The third-order valence-electron chi connectivity index (χ3n) is 3.99. The molecule has 0 atom stereocenters. The maximum absolute atomic E-state index is 12.4. The summed E-state index contributed by atoms with van der Waals surface area (Å²) in [6.45, 7) is 3.81. The number of anilines is 1. The van der Waals surface area contributed by atoms with Crippen molar-refractivity contribution in [2.24, 2.45) is 5.92 Å². The van der Waals surface area contributed by atoms with Gasteiger partial charge in [-0.1, -0.05) is 32.6 Å². The number of halogens is 1. The zero-order valence-corrected chi connectivity index (χ0v) is 13.8. The minimum atomic E-state index is 0.00164. The fraction of sp³-hybridized carbons (Fsp3) is 0.733. The van der Waals surface area contributed by atoms with Gasteiger partial charge in [-0.2, -0.15) is 5.10 Å². The van der Waals surface area contributed by atoms with Crippen molar-refractivity contribution >= 4 is 21.6 Å². The van der Waals surface area contributed by atoms with E-state index in [4.69, 9.17) is 0 Å². The first-order valence-corrected chi connectivity index (χ1v) is 8.51. The summed E-state index contributed by atoms with van der Waals surface area (Å²) in [5, 5.41) is 7.50. The highest BCUT2D eigenvalue weighted by Crippen LogP contribution is 2.27. The molecule has 1 aliphatic carbocycles. The number of nitrogens with zero attached hydrogens (tertiary/aromatic N) is 2. The van der Waals surface area contributed by atoms with Crippen LogP contribution in [0.2, 0.25) is 0 Å². The zero-order chi connectivity index (χ0) is 14.4. The second-order valence-corrected chi connectivity index (χ2v) is 6.49. The van der Waals surface area contributed by atoms with E-state index in [1.54, 1.807) is 10.9 Å². The minimum absolute atomic E-state index is 0.00164. The summed E-state index contributed by atoms with van der Waals surface area (Å²) >= 11 is 3.42. The molecule has 0 bridgehead atoms. The van der Waals surface area contributed by atoms with Gasteiger partial charge in [-0.15, -0.1) is 0 Å². The highest BCUT2D eigenvalue weighted by Gasteiger charge is 2.20. The fourth-order valence-electron chi connectivity index (χ4n) is 2.44. The summed E-state index contributed by atoms with van der Waals surface area (Å²) in [5.74, 6) is 0.638. The first-order valence-electron chi connectivity index (χ1n) is 7.72. The van der Waals surface area contributed by atoms with E-state index >= 15 is 0 Å². The second-order valence-electron chi connectivity index (χ2n) is 5.64. The van der Waals surface area contributed by atoms with Crippen molar-refractivity contribution in [3.8, 4) is 0 Å². The van der Waals surface area contributed by atoms with E-state index in [0.29, 0.717) is 11.6 Å². The van der Waals surface area contributed by atoms with Crippen LogP contribution in [0.4, 0.5) is 5.69 Å². The van der Waals surface area contributed by atoms with Crippen molar-refractivity contribution in [2.75, 3.05) is 11.9 Å². The van der Waals surface area contributed by atoms with Gasteiger partial charge in [-0.3, -0.25) is 4.79 Å². The number of aromatic nitrogens is 2. The average Bonchev–Trinajstić information content (AvgIpc) is 2.39. The van der Waals surface area contributed by atoms with Gasteiger partial charge in [0.15, 0.2) is 0 Å². The summed E-state index contributed by atoms with van der Waals surface area (Å²) in [4.78, 5) is 12.4. The molecule has 1 aromatic heterocycles. The minimum Gasteiger partial charge on any atom is -0.380 e. The Labute approximate surface area is 129 Å². The lowest BCUT2D eigenvalue weighted by atomic mass is 9.85. The molecule has 0 aromatic carbocycles. The SMILES string of the molecule is CCCCCCNc1c(Br)cnn(CC2CCC2)c1=O. The van der Waals surface area contributed by atoms with Crippen LogP contribution >= 0.6 is 15.9 Å². The van der Waals surface area contributed by atoms with Crippen LogP contribution in [0.25, 0.3) is 0 Å². The van der Waals surface area contributed by atoms with Gasteiger partial charge in [-0.05, 0) is 41.1 Å². The molecule has 112 valence electrons. The summed E-state index contributed by atoms with van der Waals surface area (Å²) in [5.41, 5.74) is 0.664. The number of rotatable bonds is 8. The Balaban J connectivity index is 1.95. The van der Waals surface area contributed by atoms with Crippen LogP contribution in [0.15, 0.2) is 15.5 Å². The molecule has 0 saturated heterocycles. The molecule has 0 radical (unpaired) electrons. The Hall–Kier alpha value is -0.840. The molecule has 1 fully saturated rings. The van der Waals surface area contributed by atoms with Crippen LogP contribution in [0.5, 0.6) is 0 Å². The van der Waals surface area contributed by atoms with Crippen LogP contribution in [-0.2, 0) is 6.54 Å². The Morgan fingerprint density at radius 2 is 2.20 bits per heavy atom. The molecule has 5 heteroatoms. The van der Waals surface area contributed by atoms with Gasteiger partial charge >= 0.3 is 0 Å². The molecular weight excluding hydrogens is 318 g/mol. The maximum Gasteiger partial charge on any atom is 0.291 e. The van der Waals surface area contributed by atoms with Crippen molar-refractivity contribution < 1.29 is 0 Å². The molecular formula is C15H24BrN3O. The zero-order valence-electron chi connectivity index (χ0n) is 12.2. The van der Waals surface area contributed by atoms with E-state index in [-0.39, 0.29) is 5.56 Å². The average molecular weight is 342 g/mol. The van der Waals surface area contributed by atoms with Crippen molar-refractivity contribution in [3.63, 3.8) is 0 Å². The lowest BCUT2D eigenvalue weighted by molar-refractivity contribution is 0.262. The molecule has 20 heavy (non-hydrogen) atoms. The van der Waals surface area contributed by atoms with Gasteiger partial charge in [0.05, 0.1) is 10.7 Å². The molecule has 0 amide bonds. The van der Waals surface area contributed by atoms with Crippen molar-refractivity contribution in [1.29, 1.82) is 0 Å². The van der Waals surface area contributed by atoms with Gasteiger partial charge < -0.3 is 5.32 Å². The summed E-state index contributed by atoms with van der Waals surface area (Å²) in [7, 11) is 0. The summed E-state index contributed by atoms with van der Waals surface area (Å²) in [6, 6.07) is 0. The number of unbranched alkanes of at least 4 members (excludes halogenated alkanes) is 3. The topological polar surface area (TPSA) is 46.9 Å². The predicted octanol–water partition coefficient (Wildman–Crippen LogP) is 3.80. The van der Waals surface area contributed by atoms with Crippen molar-refractivity contribution in [3.05, 3.63) is 21.0 Å². The molecule has 0 aliphatic heterocycles. The predicted molar refractivity (Wildman–Crippen MR) is 86.2 cm³/mol. The maximum atomic E-state index is 12.4.